The van der Waals surface area contributed by atoms with Crippen LogP contribution < -0.4 is 9.08 Å². The van der Waals surface area contributed by atoms with Gasteiger partial charge < -0.3 is 18.4 Å². The van der Waals surface area contributed by atoms with Crippen molar-refractivity contribution in [3.63, 3.8) is 0 Å². The topological polar surface area (TPSA) is 81.3 Å². The Hall–Kier alpha value is -2.03. The summed E-state index contributed by atoms with van der Waals surface area (Å²) in [5.74, 6) is -0.0654. The molecule has 0 spiro atoms. The number of amides is 1. The lowest BCUT2D eigenvalue weighted by Crippen LogP contribution is -3.06. The summed E-state index contributed by atoms with van der Waals surface area (Å²) in [6.45, 7) is 2.80. The number of rotatable bonds is 9. The summed E-state index contributed by atoms with van der Waals surface area (Å²) >= 11 is 6.08. The van der Waals surface area contributed by atoms with Crippen LogP contribution in [0.4, 0.5) is 0 Å². The number of hydrogen-bond donors (Lipinski definition) is 1. The zero-order chi connectivity index (χ0) is 20.0. The molecule has 148 valence electrons. The van der Waals surface area contributed by atoms with E-state index in [0.29, 0.717) is 23.7 Å². The molecule has 7 nitrogen and oxygen atoms in total. The Labute approximate surface area is 164 Å². The third-order valence-electron chi connectivity index (χ3n) is 3.85. The van der Waals surface area contributed by atoms with E-state index < -0.39 is 10.1 Å². The van der Waals surface area contributed by atoms with Crippen molar-refractivity contribution in [3.8, 4) is 5.75 Å². The van der Waals surface area contributed by atoms with Gasteiger partial charge in [-0.1, -0.05) is 11.6 Å². The number of quaternary nitrogens is 1. The molecule has 1 aromatic carbocycles. The SMILES string of the molecule is CCS(=O)(=O)Oc1ccc(Cl)cc1CN(CC[NH+](C)C)C(=O)c1ccco1. The highest BCUT2D eigenvalue weighted by Crippen LogP contribution is 2.26. The van der Waals surface area contributed by atoms with Crippen molar-refractivity contribution in [1.29, 1.82) is 0 Å². The fourth-order valence-electron chi connectivity index (χ4n) is 2.32. The summed E-state index contributed by atoms with van der Waals surface area (Å²) in [6, 6.07) is 7.89. The molecule has 0 saturated heterocycles. The Balaban J connectivity index is 2.32. The first kappa shape index (κ1) is 21.3. The Kier molecular flexibility index (Phi) is 7.29. The first-order valence-electron chi connectivity index (χ1n) is 8.54. The lowest BCUT2D eigenvalue weighted by Gasteiger charge is -2.23. The summed E-state index contributed by atoms with van der Waals surface area (Å²) in [4.78, 5) is 15.5. The van der Waals surface area contributed by atoms with Gasteiger partial charge in [-0.2, -0.15) is 8.42 Å². The van der Waals surface area contributed by atoms with E-state index in [1.807, 2.05) is 14.1 Å². The normalized spacial score (nSPS) is 11.6. The van der Waals surface area contributed by atoms with Gasteiger partial charge in [0.15, 0.2) is 5.76 Å². The molecule has 1 amide bonds. The van der Waals surface area contributed by atoms with E-state index in [1.165, 1.54) is 24.2 Å². The van der Waals surface area contributed by atoms with Crippen molar-refractivity contribution >= 4 is 27.6 Å². The molecule has 0 aliphatic rings. The maximum Gasteiger partial charge on any atom is 0.308 e. The van der Waals surface area contributed by atoms with Crippen LogP contribution >= 0.6 is 11.6 Å². The highest BCUT2D eigenvalue weighted by atomic mass is 35.5. The predicted octanol–water partition coefficient (Wildman–Crippen LogP) is 1.45. The maximum atomic E-state index is 12.8. The van der Waals surface area contributed by atoms with E-state index in [0.717, 1.165) is 0 Å². The molecule has 2 aromatic rings. The van der Waals surface area contributed by atoms with E-state index in [9.17, 15) is 13.2 Å². The van der Waals surface area contributed by atoms with Gasteiger partial charge in [0.05, 0.1) is 45.7 Å². The number of hydrogen-bond acceptors (Lipinski definition) is 5. The summed E-state index contributed by atoms with van der Waals surface area (Å²) in [5.41, 5.74) is 0.508. The highest BCUT2D eigenvalue weighted by molar-refractivity contribution is 7.87. The zero-order valence-corrected chi connectivity index (χ0v) is 17.1. The van der Waals surface area contributed by atoms with Gasteiger partial charge in [0.1, 0.15) is 5.75 Å². The number of nitrogens with zero attached hydrogens (tertiary/aromatic N) is 1. The van der Waals surface area contributed by atoms with Crippen LogP contribution in [-0.2, 0) is 16.7 Å². The molecule has 0 bridgehead atoms. The maximum absolute atomic E-state index is 12.8. The number of benzene rings is 1. The van der Waals surface area contributed by atoms with Gasteiger partial charge in [0.2, 0.25) is 0 Å². The van der Waals surface area contributed by atoms with E-state index in [1.54, 1.807) is 29.2 Å². The third kappa shape index (κ3) is 6.27. The van der Waals surface area contributed by atoms with Crippen LogP contribution in [0.15, 0.2) is 41.0 Å². The summed E-state index contributed by atoms with van der Waals surface area (Å²) < 4.78 is 34.1. The van der Waals surface area contributed by atoms with E-state index in [-0.39, 0.29) is 29.7 Å². The molecular formula is C18H24ClN2O5S+. The van der Waals surface area contributed by atoms with Gasteiger partial charge in [-0.3, -0.25) is 4.79 Å². The Morgan fingerprint density at radius 3 is 2.63 bits per heavy atom. The summed E-state index contributed by atoms with van der Waals surface area (Å²) in [5, 5.41) is 0.426. The Morgan fingerprint density at radius 1 is 1.30 bits per heavy atom. The van der Waals surface area contributed by atoms with Crippen LogP contribution in [0, 0.1) is 0 Å². The van der Waals surface area contributed by atoms with Crippen molar-refractivity contribution in [1.82, 2.24) is 4.90 Å². The van der Waals surface area contributed by atoms with Gasteiger partial charge in [0, 0.05) is 10.6 Å². The standard InChI is InChI=1S/C18H23ClN2O5S/c1-4-27(23,24)26-16-8-7-15(19)12-14(16)13-21(10-9-20(2)3)18(22)17-6-5-11-25-17/h5-8,11-12H,4,9-10,13H2,1-3H3/p+1. The van der Waals surface area contributed by atoms with Crippen molar-refractivity contribution in [3.05, 3.63) is 52.9 Å². The first-order valence-corrected chi connectivity index (χ1v) is 10.5. The Morgan fingerprint density at radius 2 is 2.04 bits per heavy atom. The van der Waals surface area contributed by atoms with Crippen LogP contribution in [0.5, 0.6) is 5.75 Å². The minimum absolute atomic E-state index is 0.141. The van der Waals surface area contributed by atoms with Gasteiger partial charge >= 0.3 is 10.1 Å². The molecule has 1 N–H and O–H groups in total. The van der Waals surface area contributed by atoms with Gasteiger partial charge in [0.25, 0.3) is 5.91 Å². The van der Waals surface area contributed by atoms with Gasteiger partial charge in [-0.05, 0) is 37.3 Å². The van der Waals surface area contributed by atoms with Crippen LogP contribution in [0.3, 0.4) is 0 Å². The minimum atomic E-state index is -3.70. The molecule has 1 aromatic heterocycles. The lowest BCUT2D eigenvalue weighted by molar-refractivity contribution is -0.857. The molecule has 0 saturated carbocycles. The molecule has 0 aliphatic heterocycles. The predicted molar refractivity (Wildman–Crippen MR) is 103 cm³/mol. The van der Waals surface area contributed by atoms with Crippen LogP contribution in [-0.4, -0.2) is 52.2 Å². The second kappa shape index (κ2) is 9.25. The molecule has 0 fully saturated rings. The minimum Gasteiger partial charge on any atom is -0.459 e. The van der Waals surface area contributed by atoms with Gasteiger partial charge in [-0.25, -0.2) is 0 Å². The number of carbonyl (C=O) groups excluding carboxylic acids is 1. The second-order valence-corrected chi connectivity index (χ2v) is 8.64. The van der Waals surface area contributed by atoms with Crippen molar-refractivity contribution in [2.45, 2.75) is 13.5 Å². The quantitative estimate of drug-likeness (QED) is 0.627. The number of halogens is 1. The number of likely N-dealkylation sites (N-methyl/N-ethyl adjacent to an activating group) is 1. The largest absolute Gasteiger partial charge is 0.459 e. The van der Waals surface area contributed by atoms with Crippen LogP contribution in [0.1, 0.15) is 23.0 Å². The average molecular weight is 416 g/mol. The second-order valence-electron chi connectivity index (χ2n) is 6.34. The fourth-order valence-corrected chi connectivity index (χ4v) is 3.07. The van der Waals surface area contributed by atoms with Crippen molar-refractivity contribution < 1.29 is 26.7 Å². The van der Waals surface area contributed by atoms with Crippen molar-refractivity contribution in [2.24, 2.45) is 0 Å². The lowest BCUT2D eigenvalue weighted by atomic mass is 10.2. The Bertz CT molecular complexity index is 866. The van der Waals surface area contributed by atoms with Crippen LogP contribution in [0.2, 0.25) is 5.02 Å². The fraction of sp³-hybridized carbons (Fsp3) is 0.389. The molecular weight excluding hydrogens is 392 g/mol. The third-order valence-corrected chi connectivity index (χ3v) is 5.23. The number of carbonyl (C=O) groups is 1. The number of nitrogens with one attached hydrogen (secondary N) is 1. The summed E-state index contributed by atoms with van der Waals surface area (Å²) in [6.07, 6.45) is 1.43. The van der Waals surface area contributed by atoms with Crippen LogP contribution in [0.25, 0.3) is 0 Å². The molecule has 0 radical (unpaired) electrons. The van der Waals surface area contributed by atoms with E-state index >= 15 is 0 Å². The molecule has 2 rings (SSSR count). The van der Waals surface area contributed by atoms with E-state index in [4.69, 9.17) is 20.2 Å². The van der Waals surface area contributed by atoms with Crippen molar-refractivity contribution in [2.75, 3.05) is 32.9 Å². The van der Waals surface area contributed by atoms with E-state index in [2.05, 4.69) is 0 Å². The number of furan rings is 1. The molecule has 27 heavy (non-hydrogen) atoms. The molecule has 0 aliphatic carbocycles. The molecule has 9 heteroatoms. The summed E-state index contributed by atoms with van der Waals surface area (Å²) in [7, 11) is 0.265. The van der Waals surface area contributed by atoms with Gasteiger partial charge in [-0.15, -0.1) is 0 Å². The zero-order valence-electron chi connectivity index (χ0n) is 15.6. The monoisotopic (exact) mass is 415 g/mol. The highest BCUT2D eigenvalue weighted by Gasteiger charge is 2.22. The smallest absolute Gasteiger partial charge is 0.308 e. The molecule has 0 unspecified atom stereocenters. The molecule has 1 heterocycles. The molecule has 0 atom stereocenters. The average Bonchev–Trinajstić information content (AvgIpc) is 3.14. The first-order chi connectivity index (χ1) is 12.7.